The van der Waals surface area contributed by atoms with E-state index in [2.05, 4.69) is 10.2 Å². The highest BCUT2D eigenvalue weighted by Gasteiger charge is 2.30. The lowest BCUT2D eigenvalue weighted by Crippen LogP contribution is -2.42. The molecule has 0 aromatic carbocycles. The van der Waals surface area contributed by atoms with Gasteiger partial charge in [0.15, 0.2) is 0 Å². The SMILES string of the molecule is CC(C)(C)OC(=O)N1CCC(c2[nH]ncc2B(O)O)CC1. The molecule has 1 saturated heterocycles. The molecular formula is C13H22BN3O4. The van der Waals surface area contributed by atoms with Gasteiger partial charge in [-0.15, -0.1) is 0 Å². The van der Waals surface area contributed by atoms with E-state index in [-0.39, 0.29) is 12.0 Å². The van der Waals surface area contributed by atoms with Gasteiger partial charge in [0.25, 0.3) is 0 Å². The highest BCUT2D eigenvalue weighted by molar-refractivity contribution is 6.59. The molecule has 1 aliphatic rings. The number of piperidine rings is 1. The monoisotopic (exact) mass is 295 g/mol. The molecule has 0 spiro atoms. The van der Waals surface area contributed by atoms with Crippen molar-refractivity contribution in [2.24, 2.45) is 0 Å². The molecule has 2 heterocycles. The number of nitrogens with one attached hydrogen (secondary N) is 1. The molecule has 7 nitrogen and oxygen atoms in total. The van der Waals surface area contributed by atoms with E-state index in [1.165, 1.54) is 6.20 Å². The van der Waals surface area contributed by atoms with Crippen molar-refractivity contribution in [1.29, 1.82) is 0 Å². The number of carbonyl (C=O) groups is 1. The number of ether oxygens (including phenoxy) is 1. The average Bonchev–Trinajstić information content (AvgIpc) is 2.86. The lowest BCUT2D eigenvalue weighted by atomic mass is 9.76. The van der Waals surface area contributed by atoms with Gasteiger partial charge in [-0.3, -0.25) is 5.10 Å². The summed E-state index contributed by atoms with van der Waals surface area (Å²) in [7, 11) is -1.53. The molecule has 21 heavy (non-hydrogen) atoms. The van der Waals surface area contributed by atoms with Gasteiger partial charge in [-0.05, 0) is 33.6 Å². The van der Waals surface area contributed by atoms with Gasteiger partial charge in [-0.1, -0.05) is 0 Å². The molecule has 1 aromatic heterocycles. The lowest BCUT2D eigenvalue weighted by molar-refractivity contribution is 0.0204. The van der Waals surface area contributed by atoms with Crippen LogP contribution in [0.15, 0.2) is 6.20 Å². The van der Waals surface area contributed by atoms with Crippen LogP contribution in [0.5, 0.6) is 0 Å². The van der Waals surface area contributed by atoms with E-state index in [9.17, 15) is 14.8 Å². The molecule has 0 saturated carbocycles. The molecule has 0 radical (unpaired) electrons. The quantitative estimate of drug-likeness (QED) is 0.677. The summed E-state index contributed by atoms with van der Waals surface area (Å²) in [5.74, 6) is 0.142. The van der Waals surface area contributed by atoms with Gasteiger partial charge < -0.3 is 19.7 Å². The summed E-state index contributed by atoms with van der Waals surface area (Å²) in [6, 6.07) is 0. The van der Waals surface area contributed by atoms with Gasteiger partial charge in [0.1, 0.15) is 5.60 Å². The van der Waals surface area contributed by atoms with Crippen molar-refractivity contribution in [1.82, 2.24) is 15.1 Å². The summed E-state index contributed by atoms with van der Waals surface area (Å²) in [4.78, 5) is 13.7. The summed E-state index contributed by atoms with van der Waals surface area (Å²) in [6.45, 7) is 6.70. The van der Waals surface area contributed by atoms with Crippen LogP contribution >= 0.6 is 0 Å². The number of likely N-dealkylation sites (tertiary alicyclic amines) is 1. The third kappa shape index (κ3) is 3.98. The number of rotatable bonds is 2. The number of hydrogen-bond donors (Lipinski definition) is 3. The number of H-pyrrole nitrogens is 1. The van der Waals surface area contributed by atoms with Crippen molar-refractivity contribution >= 4 is 18.7 Å². The second-order valence-electron chi connectivity index (χ2n) is 6.35. The predicted octanol–water partition coefficient (Wildman–Crippen LogP) is 0.204. The van der Waals surface area contributed by atoms with E-state index in [1.54, 1.807) is 4.90 Å². The zero-order chi connectivity index (χ0) is 15.6. The Morgan fingerprint density at radius 2 is 2.05 bits per heavy atom. The number of carbonyl (C=O) groups excluding carboxylic acids is 1. The standard InChI is InChI=1S/C13H22BN3O4/c1-13(2,3)21-12(18)17-6-4-9(5-7-17)11-10(14(19)20)8-15-16-11/h8-9,19-20H,4-7H2,1-3H3,(H,15,16). The number of aromatic amines is 1. The predicted molar refractivity (Wildman–Crippen MR) is 78.2 cm³/mol. The Bertz CT molecular complexity index is 490. The van der Waals surface area contributed by atoms with Crippen LogP contribution in [0, 0.1) is 0 Å². The molecule has 1 amide bonds. The fourth-order valence-corrected chi connectivity index (χ4v) is 2.52. The smallest absolute Gasteiger partial charge is 0.444 e. The maximum atomic E-state index is 12.0. The fraction of sp³-hybridized carbons (Fsp3) is 0.692. The molecule has 0 aliphatic carbocycles. The first-order chi connectivity index (χ1) is 9.78. The van der Waals surface area contributed by atoms with Crippen LogP contribution in [0.25, 0.3) is 0 Å². The Morgan fingerprint density at radius 3 is 2.57 bits per heavy atom. The van der Waals surface area contributed by atoms with Crippen molar-refractivity contribution in [3.63, 3.8) is 0 Å². The summed E-state index contributed by atoms with van der Waals surface area (Å²) in [5, 5.41) is 25.3. The van der Waals surface area contributed by atoms with Crippen molar-refractivity contribution in [2.75, 3.05) is 13.1 Å². The number of nitrogens with zero attached hydrogens (tertiary/aromatic N) is 2. The second kappa shape index (κ2) is 6.07. The Morgan fingerprint density at radius 1 is 1.43 bits per heavy atom. The van der Waals surface area contributed by atoms with E-state index in [0.29, 0.717) is 18.6 Å². The molecule has 0 unspecified atom stereocenters. The average molecular weight is 295 g/mol. The van der Waals surface area contributed by atoms with Crippen molar-refractivity contribution in [3.05, 3.63) is 11.9 Å². The molecule has 1 aromatic rings. The first-order valence-corrected chi connectivity index (χ1v) is 7.15. The maximum Gasteiger partial charge on any atom is 0.491 e. The number of aromatic nitrogens is 2. The molecule has 116 valence electrons. The molecule has 3 N–H and O–H groups in total. The lowest BCUT2D eigenvalue weighted by Gasteiger charge is -2.33. The van der Waals surface area contributed by atoms with Crippen LogP contribution in [0.4, 0.5) is 4.79 Å². The molecular weight excluding hydrogens is 273 g/mol. The molecule has 1 fully saturated rings. The zero-order valence-corrected chi connectivity index (χ0v) is 12.7. The van der Waals surface area contributed by atoms with Gasteiger partial charge >= 0.3 is 13.2 Å². The second-order valence-corrected chi connectivity index (χ2v) is 6.35. The van der Waals surface area contributed by atoms with E-state index < -0.39 is 12.7 Å². The molecule has 0 atom stereocenters. The minimum atomic E-state index is -1.53. The van der Waals surface area contributed by atoms with Gasteiger partial charge in [0, 0.05) is 36.4 Å². The van der Waals surface area contributed by atoms with Gasteiger partial charge in [-0.25, -0.2) is 4.79 Å². The fourth-order valence-electron chi connectivity index (χ4n) is 2.52. The van der Waals surface area contributed by atoms with Crippen molar-refractivity contribution in [3.8, 4) is 0 Å². The molecule has 1 aliphatic heterocycles. The van der Waals surface area contributed by atoms with Gasteiger partial charge in [0.05, 0.1) is 0 Å². The normalized spacial score (nSPS) is 16.9. The molecule has 8 heteroatoms. The van der Waals surface area contributed by atoms with Crippen LogP contribution in [0.1, 0.15) is 45.2 Å². The summed E-state index contributed by atoms with van der Waals surface area (Å²) in [5.41, 5.74) is 0.658. The van der Waals surface area contributed by atoms with Crippen LogP contribution in [0.3, 0.4) is 0 Å². The Labute approximate surface area is 124 Å². The van der Waals surface area contributed by atoms with Gasteiger partial charge in [0.2, 0.25) is 0 Å². The van der Waals surface area contributed by atoms with Crippen molar-refractivity contribution in [2.45, 2.75) is 45.1 Å². The van der Waals surface area contributed by atoms with Gasteiger partial charge in [-0.2, -0.15) is 5.10 Å². The first-order valence-electron chi connectivity index (χ1n) is 7.15. The summed E-state index contributed by atoms with van der Waals surface area (Å²) in [6.07, 6.45) is 2.61. The van der Waals surface area contributed by atoms with E-state index >= 15 is 0 Å². The highest BCUT2D eigenvalue weighted by atomic mass is 16.6. The number of amides is 1. The third-order valence-corrected chi connectivity index (χ3v) is 3.53. The van der Waals surface area contributed by atoms with Crippen LogP contribution in [-0.2, 0) is 4.74 Å². The van der Waals surface area contributed by atoms with Crippen LogP contribution in [0.2, 0.25) is 0 Å². The Balaban J connectivity index is 1.94. The number of hydrogen-bond acceptors (Lipinski definition) is 5. The molecule has 0 bridgehead atoms. The minimum Gasteiger partial charge on any atom is -0.444 e. The van der Waals surface area contributed by atoms with E-state index in [4.69, 9.17) is 4.74 Å². The molecule has 2 rings (SSSR count). The largest absolute Gasteiger partial charge is 0.491 e. The first kappa shape index (κ1) is 15.8. The summed E-state index contributed by atoms with van der Waals surface area (Å²) >= 11 is 0. The minimum absolute atomic E-state index is 0.142. The zero-order valence-electron chi connectivity index (χ0n) is 12.7. The van der Waals surface area contributed by atoms with E-state index in [1.807, 2.05) is 20.8 Å². The topological polar surface area (TPSA) is 98.7 Å². The van der Waals surface area contributed by atoms with E-state index in [0.717, 1.165) is 18.5 Å². The summed E-state index contributed by atoms with van der Waals surface area (Å²) < 4.78 is 5.35. The third-order valence-electron chi connectivity index (χ3n) is 3.53. The Kier molecular flexibility index (Phi) is 4.58. The van der Waals surface area contributed by atoms with Crippen molar-refractivity contribution < 1.29 is 19.6 Å². The highest BCUT2D eigenvalue weighted by Crippen LogP contribution is 2.26. The maximum absolute atomic E-state index is 12.0. The van der Waals surface area contributed by atoms with Crippen LogP contribution < -0.4 is 5.46 Å². The Hall–Kier alpha value is -1.54. The van der Waals surface area contributed by atoms with Crippen LogP contribution in [-0.4, -0.2) is 57.0 Å².